The third kappa shape index (κ3) is 5.00. The van der Waals surface area contributed by atoms with Crippen LogP contribution in [0.25, 0.3) is 46.2 Å². The molecule has 4 N–H and O–H groups in total. The Morgan fingerprint density at radius 1 is 0.636 bits per heavy atom. The second-order valence-electron chi connectivity index (χ2n) is 14.0. The summed E-state index contributed by atoms with van der Waals surface area (Å²) in [5, 5.41) is 7.59. The van der Waals surface area contributed by atoms with Crippen LogP contribution in [0.15, 0.2) is 83.5 Å². The van der Waals surface area contributed by atoms with Crippen molar-refractivity contribution in [1.29, 1.82) is 0 Å². The van der Waals surface area contributed by atoms with E-state index in [2.05, 4.69) is 141 Å². The zero-order valence-electron chi connectivity index (χ0n) is 26.8. The SMILES string of the molecule is COC1=C2CC(C)(C)C(=Cc3[nH]c(cc3-c3ccc(C)cc3)C=C3CC(C)(C)C(=Cc4[nH]c1cc4-c1ccc(C)cc1)N3)N2. The van der Waals surface area contributed by atoms with Gasteiger partial charge in [-0.05, 0) is 61.8 Å². The van der Waals surface area contributed by atoms with Crippen molar-refractivity contribution >= 4 is 24.0 Å². The molecule has 5 heteroatoms. The Morgan fingerprint density at radius 2 is 1.18 bits per heavy atom. The first-order valence-electron chi connectivity index (χ1n) is 15.6. The van der Waals surface area contributed by atoms with Gasteiger partial charge in [-0.2, -0.15) is 0 Å². The van der Waals surface area contributed by atoms with Gasteiger partial charge < -0.3 is 25.3 Å². The molecule has 0 saturated carbocycles. The van der Waals surface area contributed by atoms with Crippen molar-refractivity contribution < 1.29 is 4.74 Å². The molecule has 0 unspecified atom stereocenters. The molecule has 3 aliphatic heterocycles. The van der Waals surface area contributed by atoms with Gasteiger partial charge in [-0.3, -0.25) is 0 Å². The van der Waals surface area contributed by atoms with E-state index in [4.69, 9.17) is 4.74 Å². The Bertz CT molecular complexity index is 1890. The van der Waals surface area contributed by atoms with Crippen LogP contribution in [0.2, 0.25) is 0 Å². The second-order valence-corrected chi connectivity index (χ2v) is 14.0. The average Bonchev–Trinajstić information content (AvgIpc) is 3.70. The van der Waals surface area contributed by atoms with Gasteiger partial charge >= 0.3 is 0 Å². The summed E-state index contributed by atoms with van der Waals surface area (Å²) in [6.07, 6.45) is 8.61. The first-order chi connectivity index (χ1) is 21.0. The third-order valence-corrected chi connectivity index (χ3v) is 9.36. The number of aromatic nitrogens is 2. The largest absolute Gasteiger partial charge is 0.493 e. The molecule has 0 radical (unpaired) electrons. The fourth-order valence-electron chi connectivity index (χ4n) is 6.76. The van der Waals surface area contributed by atoms with Crippen molar-refractivity contribution in [2.75, 3.05) is 7.11 Å². The van der Waals surface area contributed by atoms with E-state index < -0.39 is 0 Å². The molecule has 224 valence electrons. The summed E-state index contributed by atoms with van der Waals surface area (Å²) in [4.78, 5) is 7.52. The molecule has 0 amide bonds. The molecule has 7 rings (SSSR count). The third-order valence-electron chi connectivity index (χ3n) is 9.36. The summed E-state index contributed by atoms with van der Waals surface area (Å²) in [6.45, 7) is 13.5. The highest BCUT2D eigenvalue weighted by Gasteiger charge is 2.36. The predicted molar refractivity (Wildman–Crippen MR) is 183 cm³/mol. The number of fused-ring (bicyclic) bond motifs is 8. The number of methoxy groups -OCH3 is 1. The topological polar surface area (TPSA) is 64.9 Å². The van der Waals surface area contributed by atoms with Crippen LogP contribution in [-0.4, -0.2) is 17.1 Å². The molecule has 4 aromatic rings. The molecule has 3 aliphatic rings. The molecule has 44 heavy (non-hydrogen) atoms. The predicted octanol–water partition coefficient (Wildman–Crippen LogP) is 9.38. The van der Waals surface area contributed by atoms with Crippen LogP contribution in [0.5, 0.6) is 0 Å². The average molecular weight is 583 g/mol. The fraction of sp³-hybridized carbons (Fsp3) is 0.282. The van der Waals surface area contributed by atoms with Crippen LogP contribution >= 0.6 is 0 Å². The van der Waals surface area contributed by atoms with Crippen molar-refractivity contribution in [3.8, 4) is 22.3 Å². The smallest absolute Gasteiger partial charge is 0.161 e. The van der Waals surface area contributed by atoms with Gasteiger partial charge in [0.2, 0.25) is 0 Å². The highest BCUT2D eigenvalue weighted by atomic mass is 16.5. The van der Waals surface area contributed by atoms with E-state index in [1.807, 2.05) is 0 Å². The van der Waals surface area contributed by atoms with E-state index >= 15 is 0 Å². The maximum atomic E-state index is 6.17. The van der Waals surface area contributed by atoms with E-state index in [9.17, 15) is 0 Å². The van der Waals surface area contributed by atoms with Crippen molar-refractivity contribution in [1.82, 2.24) is 20.6 Å². The van der Waals surface area contributed by atoms with E-state index in [-0.39, 0.29) is 10.8 Å². The Labute approximate surface area is 260 Å². The number of aryl methyl sites for hydroxylation is 2. The number of hydrogen-bond donors (Lipinski definition) is 4. The first-order valence-corrected chi connectivity index (χ1v) is 15.6. The number of nitrogens with one attached hydrogen (secondary N) is 4. The highest BCUT2D eigenvalue weighted by molar-refractivity contribution is 5.81. The molecule has 5 nitrogen and oxygen atoms in total. The lowest BCUT2D eigenvalue weighted by Gasteiger charge is -2.18. The van der Waals surface area contributed by atoms with Gasteiger partial charge in [0.15, 0.2) is 5.76 Å². The Hall–Kier alpha value is -4.64. The minimum Gasteiger partial charge on any atom is -0.493 e. The zero-order chi connectivity index (χ0) is 30.8. The van der Waals surface area contributed by atoms with Crippen molar-refractivity contribution in [2.45, 2.75) is 54.4 Å². The Morgan fingerprint density at radius 3 is 1.80 bits per heavy atom. The van der Waals surface area contributed by atoms with Gasteiger partial charge in [0.1, 0.15) is 0 Å². The molecule has 2 aromatic heterocycles. The molecule has 0 aliphatic carbocycles. The van der Waals surface area contributed by atoms with Crippen molar-refractivity contribution in [2.24, 2.45) is 10.8 Å². The number of allylic oxidation sites excluding steroid dienone is 4. The minimum atomic E-state index is -0.108. The van der Waals surface area contributed by atoms with E-state index in [1.54, 1.807) is 7.11 Å². The molecule has 2 saturated heterocycles. The molecular weight excluding hydrogens is 540 g/mol. The molecule has 0 spiro atoms. The van der Waals surface area contributed by atoms with Crippen LogP contribution in [0.4, 0.5) is 0 Å². The maximum Gasteiger partial charge on any atom is 0.161 e. The second kappa shape index (κ2) is 10.2. The summed E-state index contributed by atoms with van der Waals surface area (Å²) in [6, 6.07) is 22.1. The summed E-state index contributed by atoms with van der Waals surface area (Å²) >= 11 is 0. The summed E-state index contributed by atoms with van der Waals surface area (Å²) in [5.74, 6) is 0.844. The Balaban J connectivity index is 1.46. The lowest BCUT2D eigenvalue weighted by atomic mass is 9.87. The van der Waals surface area contributed by atoms with Gasteiger partial charge in [0.05, 0.1) is 18.5 Å². The summed E-state index contributed by atoms with van der Waals surface area (Å²) in [5.41, 5.74) is 15.9. The van der Waals surface area contributed by atoms with Gasteiger partial charge in [-0.15, -0.1) is 0 Å². The number of rotatable bonds is 3. The standard InChI is InChI=1S/C39H42N4O/c1-23-8-12-25(13-9-23)29-17-27-16-28-21-38(3,4)35(41-28)20-32-30(26-14-10-24(2)11-15-26)18-33(42-32)37(44-7)34-22-39(5,6)36(43-34)19-31(29)40-27/h8-20,40-43H,21-22H2,1-7H3. The number of aromatic amines is 2. The zero-order valence-corrected chi connectivity index (χ0v) is 26.8. The number of benzene rings is 2. The lowest BCUT2D eigenvalue weighted by Crippen LogP contribution is -2.13. The highest BCUT2D eigenvalue weighted by Crippen LogP contribution is 2.45. The number of hydrogen-bond acceptors (Lipinski definition) is 3. The van der Waals surface area contributed by atoms with E-state index in [0.717, 1.165) is 58.3 Å². The molecule has 5 heterocycles. The summed E-state index contributed by atoms with van der Waals surface area (Å²) < 4.78 is 6.17. The van der Waals surface area contributed by atoms with E-state index in [0.29, 0.717) is 0 Å². The van der Waals surface area contributed by atoms with Crippen LogP contribution < -0.4 is 10.6 Å². The molecule has 8 bridgehead atoms. The first kappa shape index (κ1) is 28.1. The lowest BCUT2D eigenvalue weighted by molar-refractivity contribution is 0.361. The van der Waals surface area contributed by atoms with Crippen LogP contribution in [0, 0.1) is 24.7 Å². The summed E-state index contributed by atoms with van der Waals surface area (Å²) in [7, 11) is 1.77. The van der Waals surface area contributed by atoms with Crippen LogP contribution in [-0.2, 0) is 4.74 Å². The van der Waals surface area contributed by atoms with Crippen molar-refractivity contribution in [3.05, 3.63) is 117 Å². The fourth-order valence-corrected chi connectivity index (χ4v) is 6.76. The van der Waals surface area contributed by atoms with Gasteiger partial charge in [-0.1, -0.05) is 87.4 Å². The molecular formula is C39H42N4O. The number of ether oxygens (including phenoxy) is 1. The molecule has 2 aromatic carbocycles. The quantitative estimate of drug-likeness (QED) is 0.195. The van der Waals surface area contributed by atoms with Crippen LogP contribution in [0.1, 0.15) is 74.4 Å². The van der Waals surface area contributed by atoms with Gasteiger partial charge in [0, 0.05) is 62.6 Å². The molecule has 0 atom stereocenters. The number of H-pyrrole nitrogens is 2. The van der Waals surface area contributed by atoms with Crippen LogP contribution in [0.3, 0.4) is 0 Å². The Kier molecular flexibility index (Phi) is 6.54. The minimum absolute atomic E-state index is 0.0556. The van der Waals surface area contributed by atoms with E-state index in [1.165, 1.54) is 39.2 Å². The van der Waals surface area contributed by atoms with Crippen molar-refractivity contribution in [3.63, 3.8) is 0 Å². The molecule has 2 fully saturated rings. The van der Waals surface area contributed by atoms with Gasteiger partial charge in [-0.25, -0.2) is 0 Å². The monoisotopic (exact) mass is 582 g/mol. The normalized spacial score (nSPS) is 18.3. The van der Waals surface area contributed by atoms with Gasteiger partial charge in [0.25, 0.3) is 0 Å². The maximum absolute atomic E-state index is 6.17.